The Morgan fingerprint density at radius 3 is 2.83 bits per heavy atom. The van der Waals surface area contributed by atoms with Crippen LogP contribution in [0, 0.1) is 5.92 Å². The number of anilines is 1. The summed E-state index contributed by atoms with van der Waals surface area (Å²) in [6, 6.07) is 0. The number of aliphatic hydroxyl groups is 1. The van der Waals surface area contributed by atoms with Gasteiger partial charge in [-0.25, -0.2) is 4.98 Å². The number of aromatic amines is 1. The number of nitrogens with one attached hydrogen (secondary N) is 1. The first-order chi connectivity index (χ1) is 18.9. The molecule has 228 valence electrons. The van der Waals surface area contributed by atoms with E-state index in [0.717, 1.165) is 24.8 Å². The summed E-state index contributed by atoms with van der Waals surface area (Å²) >= 11 is 7.68. The molecule has 3 aliphatic rings. The summed E-state index contributed by atoms with van der Waals surface area (Å²) in [5.41, 5.74) is 3.94. The third kappa shape index (κ3) is 5.88. The molecule has 2 aromatic heterocycles. The van der Waals surface area contributed by atoms with Crippen molar-refractivity contribution in [2.75, 3.05) is 12.3 Å². The second-order valence-electron chi connectivity index (χ2n) is 13.2. The maximum atomic E-state index is 12.4. The lowest BCUT2D eigenvalue weighted by molar-refractivity contribution is -0.0485. The van der Waals surface area contributed by atoms with Crippen LogP contribution in [0.25, 0.3) is 11.2 Å². The minimum Gasteiger partial charge on any atom is -0.414 e. The highest BCUT2D eigenvalue weighted by Gasteiger charge is 2.57. The van der Waals surface area contributed by atoms with E-state index in [1.165, 1.54) is 10.9 Å². The number of nitrogens with two attached hydrogens (primary N) is 1. The molecule has 0 radical (unpaired) electrons. The van der Waals surface area contributed by atoms with Crippen LogP contribution in [-0.4, -0.2) is 68.7 Å². The largest absolute Gasteiger partial charge is 0.414 e. The van der Waals surface area contributed by atoms with Crippen LogP contribution in [-0.2, 0) is 30.0 Å². The van der Waals surface area contributed by atoms with Crippen molar-refractivity contribution in [3.8, 4) is 0 Å². The quantitative estimate of drug-likeness (QED) is 0.216. The van der Waals surface area contributed by atoms with E-state index in [-0.39, 0.29) is 39.6 Å². The first kappa shape index (κ1) is 31.3. The summed E-state index contributed by atoms with van der Waals surface area (Å²) in [5.74, 6) is 0.334. The van der Waals surface area contributed by atoms with E-state index in [1.807, 2.05) is 0 Å². The smallest absolute Gasteiger partial charge is 0.280 e. The molecule has 1 aliphatic carbocycles. The Morgan fingerprint density at radius 2 is 2.17 bits per heavy atom. The number of aromatic nitrogens is 4. The maximum absolute atomic E-state index is 12.4. The van der Waals surface area contributed by atoms with Crippen molar-refractivity contribution in [1.29, 1.82) is 0 Å². The molecule has 0 amide bonds. The maximum Gasteiger partial charge on any atom is 0.280 e. The minimum atomic E-state index is -2.86. The molecule has 11 nitrogen and oxygen atoms in total. The first-order valence-electron chi connectivity index (χ1n) is 14.0. The number of imidazole rings is 1. The lowest BCUT2D eigenvalue weighted by Crippen LogP contribution is -2.45. The van der Waals surface area contributed by atoms with E-state index in [9.17, 15) is 9.90 Å². The van der Waals surface area contributed by atoms with E-state index in [2.05, 4.69) is 69.2 Å². The Labute approximate surface area is 251 Å². The van der Waals surface area contributed by atoms with Crippen LogP contribution in [0.15, 0.2) is 23.3 Å². The average Bonchev–Trinajstić information content (AvgIpc) is 3.47. The Balaban J connectivity index is 1.44. The SMILES string of the molecule is C=C(C)[C@@H]1CC[C@]2(C)SP(=S)(O[C@H]3[C@@H](O)[C@H](n4cnc5c(=O)[nH]c(N)nc54)O[C@@H]3CO[Si](C)(C)C(C)(C)C)O[C@H]2C1. The van der Waals surface area contributed by atoms with Gasteiger partial charge in [0.05, 0.1) is 19.0 Å². The lowest BCUT2D eigenvalue weighted by Gasteiger charge is -2.37. The fourth-order valence-corrected chi connectivity index (χ4v) is 14.0. The van der Waals surface area contributed by atoms with Crippen molar-refractivity contribution >= 4 is 54.3 Å². The van der Waals surface area contributed by atoms with Crippen LogP contribution in [0.5, 0.6) is 0 Å². The molecule has 2 saturated heterocycles. The molecular formula is C26H42N5O6PS2Si. The number of fused-ring (bicyclic) bond motifs is 2. The predicted molar refractivity (Wildman–Crippen MR) is 168 cm³/mol. The molecule has 0 bridgehead atoms. The van der Waals surface area contributed by atoms with Crippen molar-refractivity contribution in [1.82, 2.24) is 19.5 Å². The fourth-order valence-electron chi connectivity index (χ4n) is 5.43. The van der Waals surface area contributed by atoms with Gasteiger partial charge >= 0.3 is 0 Å². The Morgan fingerprint density at radius 1 is 1.46 bits per heavy atom. The molecule has 1 unspecified atom stereocenters. The summed E-state index contributed by atoms with van der Waals surface area (Å²) in [4.78, 5) is 23.3. The van der Waals surface area contributed by atoms with Gasteiger partial charge < -0.3 is 29.1 Å². The lowest BCUT2D eigenvalue weighted by atomic mass is 9.77. The molecule has 15 heteroatoms. The van der Waals surface area contributed by atoms with Crippen LogP contribution >= 0.6 is 17.1 Å². The van der Waals surface area contributed by atoms with Crippen LogP contribution in [0.4, 0.5) is 5.95 Å². The zero-order valence-corrected chi connectivity index (χ0v) is 28.3. The molecule has 2 aromatic rings. The molecule has 8 atom stereocenters. The van der Waals surface area contributed by atoms with Crippen molar-refractivity contribution in [3.63, 3.8) is 0 Å². The van der Waals surface area contributed by atoms with E-state index in [0.29, 0.717) is 5.92 Å². The van der Waals surface area contributed by atoms with Gasteiger partial charge in [-0.05, 0) is 69.0 Å². The van der Waals surface area contributed by atoms with E-state index in [1.54, 1.807) is 11.4 Å². The minimum absolute atomic E-state index is 0.0240. The summed E-state index contributed by atoms with van der Waals surface area (Å²) in [6.07, 6.45) is 0.615. The second-order valence-corrected chi connectivity index (χ2v) is 24.6. The summed E-state index contributed by atoms with van der Waals surface area (Å²) in [5, 5.41) is 11.7. The number of rotatable bonds is 7. The molecule has 1 saturated carbocycles. The summed E-state index contributed by atoms with van der Waals surface area (Å²) in [6.45, 7) is 19.5. The molecule has 2 aliphatic heterocycles. The molecule has 41 heavy (non-hydrogen) atoms. The number of aliphatic hydroxyl groups excluding tert-OH is 1. The van der Waals surface area contributed by atoms with Crippen LogP contribution < -0.4 is 11.3 Å². The second kappa shape index (κ2) is 10.8. The van der Waals surface area contributed by atoms with Gasteiger partial charge in [0.15, 0.2) is 25.7 Å². The zero-order valence-electron chi connectivity index (χ0n) is 24.7. The Bertz CT molecular complexity index is 1450. The normalized spacial score (nSPS) is 36.1. The van der Waals surface area contributed by atoms with Gasteiger partial charge in [-0.2, -0.15) is 4.98 Å². The monoisotopic (exact) mass is 643 g/mol. The summed E-state index contributed by atoms with van der Waals surface area (Å²) < 4.78 is 27.5. The van der Waals surface area contributed by atoms with E-state index < -0.39 is 44.1 Å². The highest BCUT2D eigenvalue weighted by Crippen LogP contribution is 2.76. The third-order valence-corrected chi connectivity index (χ3v) is 19.4. The number of hydrogen-bond donors (Lipinski definition) is 3. The van der Waals surface area contributed by atoms with E-state index in [4.69, 9.17) is 35.8 Å². The Kier molecular flexibility index (Phi) is 8.26. The van der Waals surface area contributed by atoms with Gasteiger partial charge in [-0.1, -0.05) is 44.3 Å². The Hall–Kier alpha value is -1.09. The standard InChI is InChI=1S/C26H42N5O6PS2Si/c1-14(2)15-9-10-26(6)17(11-15)36-38(39,40-26)37-20-16(12-34-41(7,8)25(3,4)5)35-23(19(20)32)31-13-28-18-21(31)29-24(27)30-22(18)33/h13,15-17,19-20,23,32H,1,9-12H2,2-8H3,(H3,27,29,30,33)/t15-,16-,17+,19-,20-,23-,26+,38?/m1/s1. The van der Waals surface area contributed by atoms with Gasteiger partial charge in [0.1, 0.15) is 18.3 Å². The van der Waals surface area contributed by atoms with Crippen LogP contribution in [0.2, 0.25) is 18.1 Å². The van der Waals surface area contributed by atoms with Crippen molar-refractivity contribution in [2.24, 2.45) is 5.92 Å². The average molecular weight is 644 g/mol. The van der Waals surface area contributed by atoms with Crippen molar-refractivity contribution < 1.29 is 23.3 Å². The van der Waals surface area contributed by atoms with Gasteiger partial charge in [0, 0.05) is 4.75 Å². The molecule has 4 N–H and O–H groups in total. The van der Waals surface area contributed by atoms with Crippen LogP contribution in [0.1, 0.15) is 60.1 Å². The van der Waals surface area contributed by atoms with Gasteiger partial charge in [-0.15, -0.1) is 0 Å². The molecule has 5 rings (SSSR count). The fraction of sp³-hybridized carbons (Fsp3) is 0.731. The topological polar surface area (TPSA) is 147 Å². The molecular weight excluding hydrogens is 602 g/mol. The number of allylic oxidation sites excluding steroid dienone is 1. The molecule has 4 heterocycles. The predicted octanol–water partition coefficient (Wildman–Crippen LogP) is 4.86. The molecule has 0 spiro atoms. The first-order valence-corrected chi connectivity index (χ1v) is 20.9. The number of H-pyrrole nitrogens is 1. The van der Waals surface area contributed by atoms with Gasteiger partial charge in [0.2, 0.25) is 11.6 Å². The number of ether oxygens (including phenoxy) is 1. The van der Waals surface area contributed by atoms with Crippen molar-refractivity contribution in [2.45, 2.75) is 107 Å². The molecule has 0 aromatic carbocycles. The number of nitrogen functional groups attached to an aromatic ring is 1. The van der Waals surface area contributed by atoms with Gasteiger partial charge in [0.25, 0.3) is 5.56 Å². The van der Waals surface area contributed by atoms with Crippen molar-refractivity contribution in [3.05, 3.63) is 28.8 Å². The van der Waals surface area contributed by atoms with Crippen LogP contribution in [0.3, 0.4) is 0 Å². The highest BCUT2D eigenvalue weighted by atomic mass is 32.9. The number of nitrogens with zero attached hydrogens (tertiary/aromatic N) is 3. The highest BCUT2D eigenvalue weighted by molar-refractivity contribution is 8.68. The number of hydrogen-bond acceptors (Lipinski definition) is 11. The van der Waals surface area contributed by atoms with E-state index >= 15 is 0 Å². The zero-order chi connectivity index (χ0) is 30.1. The third-order valence-electron chi connectivity index (χ3n) is 9.14. The van der Waals surface area contributed by atoms with Gasteiger partial charge in [-0.3, -0.25) is 14.3 Å². The summed E-state index contributed by atoms with van der Waals surface area (Å²) in [7, 11) is -2.16. The molecule has 3 fully saturated rings.